The molecule has 146 valence electrons. The van der Waals surface area contributed by atoms with Gasteiger partial charge in [0, 0.05) is 31.0 Å². The molecule has 0 atom stereocenters. The second-order valence-corrected chi connectivity index (χ2v) is 6.86. The average molecular weight is 377 g/mol. The molecule has 1 aromatic heterocycles. The minimum Gasteiger partial charge on any atom is -0.348 e. The number of rotatable bonds is 9. The van der Waals surface area contributed by atoms with E-state index in [1.807, 2.05) is 53.3 Å². The number of carbonyl (C=O) groups is 1. The van der Waals surface area contributed by atoms with E-state index in [0.29, 0.717) is 12.1 Å². The van der Waals surface area contributed by atoms with Crippen LogP contribution in [0.4, 0.5) is 0 Å². The third-order valence-electron chi connectivity index (χ3n) is 4.86. The summed E-state index contributed by atoms with van der Waals surface area (Å²) < 4.78 is 1.89. The van der Waals surface area contributed by atoms with E-state index in [1.165, 1.54) is 5.56 Å². The summed E-state index contributed by atoms with van der Waals surface area (Å²) in [5, 5.41) is 7.25. The van der Waals surface area contributed by atoms with Gasteiger partial charge in [-0.1, -0.05) is 50.2 Å². The molecule has 0 saturated carbocycles. The van der Waals surface area contributed by atoms with Gasteiger partial charge in [0.15, 0.2) is 0 Å². The fourth-order valence-electron chi connectivity index (χ4n) is 3.17. The Labute approximate surface area is 167 Å². The third-order valence-corrected chi connectivity index (χ3v) is 4.86. The van der Waals surface area contributed by atoms with Crippen LogP contribution in [0.15, 0.2) is 67.0 Å². The quantitative estimate of drug-likeness (QED) is 0.619. The van der Waals surface area contributed by atoms with E-state index < -0.39 is 0 Å². The Hall–Kier alpha value is -2.92. The number of nitrogens with zero attached hydrogens (tertiary/aromatic N) is 3. The predicted molar refractivity (Wildman–Crippen MR) is 112 cm³/mol. The monoisotopic (exact) mass is 376 g/mol. The van der Waals surface area contributed by atoms with Gasteiger partial charge >= 0.3 is 0 Å². The number of hydrogen-bond donors (Lipinski definition) is 1. The number of amides is 1. The van der Waals surface area contributed by atoms with E-state index in [2.05, 4.69) is 41.3 Å². The van der Waals surface area contributed by atoms with Crippen molar-refractivity contribution in [1.29, 1.82) is 0 Å². The molecule has 0 radical (unpaired) electrons. The van der Waals surface area contributed by atoms with E-state index in [4.69, 9.17) is 0 Å². The Morgan fingerprint density at radius 1 is 1.00 bits per heavy atom. The van der Waals surface area contributed by atoms with Crippen molar-refractivity contribution in [2.24, 2.45) is 0 Å². The number of carbonyl (C=O) groups excluding carboxylic acids is 1. The fraction of sp³-hybridized carbons (Fsp3) is 0.304. The van der Waals surface area contributed by atoms with Crippen LogP contribution in [0.5, 0.6) is 0 Å². The lowest BCUT2D eigenvalue weighted by Crippen LogP contribution is -2.23. The number of hydrogen-bond acceptors (Lipinski definition) is 3. The van der Waals surface area contributed by atoms with Crippen LogP contribution >= 0.6 is 0 Å². The van der Waals surface area contributed by atoms with Crippen LogP contribution < -0.4 is 5.32 Å². The van der Waals surface area contributed by atoms with E-state index in [1.54, 1.807) is 6.20 Å². The number of nitrogens with one attached hydrogen (secondary N) is 1. The molecule has 3 aromatic rings. The van der Waals surface area contributed by atoms with Crippen molar-refractivity contribution in [1.82, 2.24) is 20.0 Å². The summed E-state index contributed by atoms with van der Waals surface area (Å²) >= 11 is 0. The molecule has 0 fully saturated rings. The Bertz CT molecular complexity index is 868. The molecular weight excluding hydrogens is 348 g/mol. The van der Waals surface area contributed by atoms with Crippen molar-refractivity contribution in [3.63, 3.8) is 0 Å². The maximum atomic E-state index is 12.5. The largest absolute Gasteiger partial charge is 0.348 e. The molecule has 0 bridgehead atoms. The lowest BCUT2D eigenvalue weighted by molar-refractivity contribution is 0.0951. The second kappa shape index (κ2) is 9.85. The summed E-state index contributed by atoms with van der Waals surface area (Å²) in [5.74, 6) is -0.0492. The van der Waals surface area contributed by atoms with Crippen molar-refractivity contribution in [2.45, 2.75) is 33.5 Å². The van der Waals surface area contributed by atoms with Crippen LogP contribution in [-0.2, 0) is 19.6 Å². The summed E-state index contributed by atoms with van der Waals surface area (Å²) in [6.45, 7) is 8.52. The minimum absolute atomic E-state index is 0.0492. The standard InChI is InChI=1S/C23H28N4O/c1-3-26(4-2)17-19-9-11-22(12-10-19)23(28)24-16-20-7-5-8-21(15-20)18-27-14-6-13-25-27/h5-15H,3-4,16-18H2,1-2H3,(H,24,28). The van der Waals surface area contributed by atoms with E-state index in [0.717, 1.165) is 37.3 Å². The summed E-state index contributed by atoms with van der Waals surface area (Å²) in [6, 6.07) is 18.0. The van der Waals surface area contributed by atoms with E-state index in [9.17, 15) is 4.79 Å². The average Bonchev–Trinajstić information content (AvgIpc) is 3.24. The molecule has 0 aliphatic rings. The first kappa shape index (κ1) is 19.8. The molecule has 1 heterocycles. The SMILES string of the molecule is CCN(CC)Cc1ccc(C(=O)NCc2cccc(Cn3cccn3)c2)cc1. The molecule has 1 amide bonds. The second-order valence-electron chi connectivity index (χ2n) is 6.86. The summed E-state index contributed by atoms with van der Waals surface area (Å²) in [6.07, 6.45) is 3.72. The molecule has 0 aliphatic carbocycles. The first-order valence-electron chi connectivity index (χ1n) is 9.82. The highest BCUT2D eigenvalue weighted by Crippen LogP contribution is 2.10. The first-order chi connectivity index (χ1) is 13.7. The molecule has 3 rings (SSSR count). The smallest absolute Gasteiger partial charge is 0.251 e. The fourth-order valence-corrected chi connectivity index (χ4v) is 3.17. The van der Waals surface area contributed by atoms with Gasteiger partial charge in [-0.3, -0.25) is 14.4 Å². The van der Waals surface area contributed by atoms with Crippen molar-refractivity contribution in [3.05, 3.63) is 89.2 Å². The highest BCUT2D eigenvalue weighted by molar-refractivity contribution is 5.94. The summed E-state index contributed by atoms with van der Waals surface area (Å²) in [7, 11) is 0. The highest BCUT2D eigenvalue weighted by atomic mass is 16.1. The van der Waals surface area contributed by atoms with Gasteiger partial charge in [0.2, 0.25) is 0 Å². The molecule has 0 spiro atoms. The van der Waals surface area contributed by atoms with E-state index in [-0.39, 0.29) is 5.91 Å². The van der Waals surface area contributed by atoms with Crippen LogP contribution in [0.2, 0.25) is 0 Å². The van der Waals surface area contributed by atoms with Crippen LogP contribution in [0, 0.1) is 0 Å². The molecule has 1 N–H and O–H groups in total. The maximum absolute atomic E-state index is 12.5. The third kappa shape index (κ3) is 5.54. The van der Waals surface area contributed by atoms with Gasteiger partial charge < -0.3 is 5.32 Å². The minimum atomic E-state index is -0.0492. The summed E-state index contributed by atoms with van der Waals surface area (Å²) in [4.78, 5) is 14.8. The predicted octanol–water partition coefficient (Wildman–Crippen LogP) is 3.70. The van der Waals surface area contributed by atoms with E-state index >= 15 is 0 Å². The zero-order valence-corrected chi connectivity index (χ0v) is 16.6. The van der Waals surface area contributed by atoms with Crippen LogP contribution in [0.25, 0.3) is 0 Å². The van der Waals surface area contributed by atoms with Crippen molar-refractivity contribution in [3.8, 4) is 0 Å². The number of benzene rings is 2. The molecular formula is C23H28N4O. The van der Waals surface area contributed by atoms with Crippen LogP contribution in [0.1, 0.15) is 40.9 Å². The van der Waals surface area contributed by atoms with Crippen LogP contribution in [-0.4, -0.2) is 33.7 Å². The topological polar surface area (TPSA) is 50.2 Å². The zero-order valence-electron chi connectivity index (χ0n) is 16.6. The molecule has 2 aromatic carbocycles. The Morgan fingerprint density at radius 2 is 1.75 bits per heavy atom. The molecule has 0 saturated heterocycles. The molecule has 0 unspecified atom stereocenters. The lowest BCUT2D eigenvalue weighted by atomic mass is 10.1. The Kier molecular flexibility index (Phi) is 6.98. The normalized spacial score (nSPS) is 11.0. The van der Waals surface area contributed by atoms with Crippen LogP contribution in [0.3, 0.4) is 0 Å². The summed E-state index contributed by atoms with van der Waals surface area (Å²) in [5.41, 5.74) is 4.16. The zero-order chi connectivity index (χ0) is 19.8. The van der Waals surface area contributed by atoms with Crippen molar-refractivity contribution < 1.29 is 4.79 Å². The van der Waals surface area contributed by atoms with Gasteiger partial charge in [-0.05, 0) is 48.0 Å². The van der Waals surface area contributed by atoms with Gasteiger partial charge in [0.1, 0.15) is 0 Å². The molecule has 0 aliphatic heterocycles. The van der Waals surface area contributed by atoms with Gasteiger partial charge in [-0.15, -0.1) is 0 Å². The number of aromatic nitrogens is 2. The highest BCUT2D eigenvalue weighted by Gasteiger charge is 2.07. The van der Waals surface area contributed by atoms with Gasteiger partial charge in [-0.2, -0.15) is 5.10 Å². The maximum Gasteiger partial charge on any atom is 0.251 e. The first-order valence-corrected chi connectivity index (χ1v) is 9.82. The van der Waals surface area contributed by atoms with Crippen molar-refractivity contribution >= 4 is 5.91 Å². The Balaban J connectivity index is 1.55. The van der Waals surface area contributed by atoms with Gasteiger partial charge in [-0.25, -0.2) is 0 Å². The molecule has 5 nitrogen and oxygen atoms in total. The van der Waals surface area contributed by atoms with Gasteiger partial charge in [0.25, 0.3) is 5.91 Å². The van der Waals surface area contributed by atoms with Crippen molar-refractivity contribution in [2.75, 3.05) is 13.1 Å². The lowest BCUT2D eigenvalue weighted by Gasteiger charge is -2.18. The molecule has 28 heavy (non-hydrogen) atoms. The van der Waals surface area contributed by atoms with Gasteiger partial charge in [0.05, 0.1) is 6.54 Å². The Morgan fingerprint density at radius 3 is 2.43 bits per heavy atom. The molecule has 5 heteroatoms.